The van der Waals surface area contributed by atoms with Gasteiger partial charge in [0.2, 0.25) is 0 Å². The lowest BCUT2D eigenvalue weighted by Gasteiger charge is -2.12. The van der Waals surface area contributed by atoms with Gasteiger partial charge in [-0.15, -0.1) is 0 Å². The molecule has 0 aromatic heterocycles. The Balaban J connectivity index is 2.02. The fourth-order valence-corrected chi connectivity index (χ4v) is 2.29. The number of hydrogen-bond donors (Lipinski definition) is 2. The van der Waals surface area contributed by atoms with Crippen molar-refractivity contribution < 1.29 is 14.5 Å². The minimum absolute atomic E-state index is 0.0363. The number of ether oxygens (including phenoxy) is 1. The van der Waals surface area contributed by atoms with E-state index in [4.69, 9.17) is 17.0 Å². The zero-order chi connectivity index (χ0) is 19.1. The van der Waals surface area contributed by atoms with E-state index in [0.29, 0.717) is 24.0 Å². The van der Waals surface area contributed by atoms with Gasteiger partial charge < -0.3 is 10.1 Å². The zero-order valence-corrected chi connectivity index (χ0v) is 15.2. The molecular formula is C18H19N3O4S. The summed E-state index contributed by atoms with van der Waals surface area (Å²) in [7, 11) is 0. The molecule has 2 aromatic rings. The van der Waals surface area contributed by atoms with Crippen LogP contribution in [0, 0.1) is 16.0 Å². The van der Waals surface area contributed by atoms with Crippen molar-refractivity contribution >= 4 is 34.6 Å². The van der Waals surface area contributed by atoms with Crippen molar-refractivity contribution in [3.63, 3.8) is 0 Å². The number of carbonyl (C=O) groups excluding carboxylic acids is 1. The molecule has 0 atom stereocenters. The molecule has 136 valence electrons. The number of nitro groups is 1. The Labute approximate surface area is 156 Å². The predicted octanol–water partition coefficient (Wildman–Crippen LogP) is 3.76. The minimum Gasteiger partial charge on any atom is -0.493 e. The quantitative estimate of drug-likeness (QED) is 0.455. The van der Waals surface area contributed by atoms with Crippen LogP contribution in [0.1, 0.15) is 24.2 Å². The van der Waals surface area contributed by atoms with Crippen LogP contribution in [0.4, 0.5) is 11.4 Å². The number of benzene rings is 2. The van der Waals surface area contributed by atoms with Crippen molar-refractivity contribution in [3.8, 4) is 5.75 Å². The molecule has 2 rings (SSSR count). The van der Waals surface area contributed by atoms with Crippen LogP contribution in [0.25, 0.3) is 0 Å². The largest absolute Gasteiger partial charge is 0.493 e. The molecule has 0 saturated carbocycles. The lowest BCUT2D eigenvalue weighted by Crippen LogP contribution is -2.34. The SMILES string of the molecule is CC(C)COc1cccc(NC(=S)NC(=O)c2ccccc2[N+](=O)[O-])c1. The predicted molar refractivity (Wildman–Crippen MR) is 104 cm³/mol. The molecule has 2 aromatic carbocycles. The second kappa shape index (κ2) is 8.91. The highest BCUT2D eigenvalue weighted by Gasteiger charge is 2.19. The molecule has 7 nitrogen and oxygen atoms in total. The number of hydrogen-bond acceptors (Lipinski definition) is 5. The third kappa shape index (κ3) is 5.52. The molecule has 2 N–H and O–H groups in total. The highest BCUT2D eigenvalue weighted by Crippen LogP contribution is 2.19. The van der Waals surface area contributed by atoms with E-state index < -0.39 is 10.8 Å². The van der Waals surface area contributed by atoms with Crippen molar-refractivity contribution in [3.05, 3.63) is 64.2 Å². The number of thiocarbonyl (C=S) groups is 1. The lowest BCUT2D eigenvalue weighted by atomic mass is 10.1. The van der Waals surface area contributed by atoms with Crippen LogP contribution >= 0.6 is 12.2 Å². The van der Waals surface area contributed by atoms with Crippen LogP contribution in [0.3, 0.4) is 0 Å². The molecule has 0 fully saturated rings. The van der Waals surface area contributed by atoms with E-state index in [1.54, 1.807) is 24.3 Å². The first-order valence-corrected chi connectivity index (χ1v) is 8.36. The number of rotatable bonds is 6. The Hall–Kier alpha value is -3.00. The number of amides is 1. The molecule has 0 radical (unpaired) electrons. The van der Waals surface area contributed by atoms with Crippen LogP contribution in [0.5, 0.6) is 5.75 Å². The van der Waals surface area contributed by atoms with Crippen LogP contribution < -0.4 is 15.4 Å². The van der Waals surface area contributed by atoms with Gasteiger partial charge in [0.25, 0.3) is 11.6 Å². The van der Waals surface area contributed by atoms with Gasteiger partial charge in [0, 0.05) is 17.8 Å². The molecular weight excluding hydrogens is 354 g/mol. The Bertz CT molecular complexity index is 824. The van der Waals surface area contributed by atoms with Crippen molar-refractivity contribution in [2.24, 2.45) is 5.92 Å². The van der Waals surface area contributed by atoms with E-state index in [9.17, 15) is 14.9 Å². The third-order valence-corrected chi connectivity index (χ3v) is 3.45. The van der Waals surface area contributed by atoms with Crippen LogP contribution in [-0.2, 0) is 0 Å². The summed E-state index contributed by atoms with van der Waals surface area (Å²) in [5, 5.41) is 16.4. The van der Waals surface area contributed by atoms with Crippen LogP contribution in [0.2, 0.25) is 0 Å². The van der Waals surface area contributed by atoms with Crippen molar-refractivity contribution in [1.82, 2.24) is 5.32 Å². The van der Waals surface area contributed by atoms with Gasteiger partial charge in [-0.05, 0) is 36.3 Å². The third-order valence-electron chi connectivity index (χ3n) is 3.25. The van der Waals surface area contributed by atoms with Crippen molar-refractivity contribution in [2.75, 3.05) is 11.9 Å². The Morgan fingerprint density at radius 1 is 1.23 bits per heavy atom. The maximum atomic E-state index is 12.2. The molecule has 1 amide bonds. The van der Waals surface area contributed by atoms with Crippen molar-refractivity contribution in [1.29, 1.82) is 0 Å². The summed E-state index contributed by atoms with van der Waals surface area (Å²) < 4.78 is 5.64. The number of nitrogens with one attached hydrogen (secondary N) is 2. The smallest absolute Gasteiger partial charge is 0.282 e. The highest BCUT2D eigenvalue weighted by atomic mass is 32.1. The summed E-state index contributed by atoms with van der Waals surface area (Å²) in [6.07, 6.45) is 0. The average molecular weight is 373 g/mol. The summed E-state index contributed by atoms with van der Waals surface area (Å²) >= 11 is 5.12. The summed E-state index contributed by atoms with van der Waals surface area (Å²) in [5.41, 5.74) is 0.298. The summed E-state index contributed by atoms with van der Waals surface area (Å²) in [4.78, 5) is 22.7. The molecule has 0 saturated heterocycles. The topological polar surface area (TPSA) is 93.5 Å². The standard InChI is InChI=1S/C18H19N3O4S/c1-12(2)11-25-14-7-5-6-13(10-14)19-18(26)20-17(22)15-8-3-4-9-16(15)21(23)24/h3-10,12H,11H2,1-2H3,(H2,19,20,22,26). The summed E-state index contributed by atoms with van der Waals surface area (Å²) in [5.74, 6) is 0.423. The minimum atomic E-state index is -0.651. The number of anilines is 1. The second-order valence-electron chi connectivity index (χ2n) is 5.92. The van der Waals surface area contributed by atoms with Gasteiger partial charge in [-0.25, -0.2) is 0 Å². The lowest BCUT2D eigenvalue weighted by molar-refractivity contribution is -0.385. The van der Waals surface area contributed by atoms with E-state index >= 15 is 0 Å². The zero-order valence-electron chi connectivity index (χ0n) is 14.4. The number of nitro benzene ring substituents is 1. The fraction of sp³-hybridized carbons (Fsp3) is 0.222. The average Bonchev–Trinajstić information content (AvgIpc) is 2.60. The molecule has 0 unspecified atom stereocenters. The first kappa shape index (κ1) is 19.3. The number of carbonyl (C=O) groups is 1. The summed E-state index contributed by atoms with van der Waals surface area (Å²) in [6.45, 7) is 4.69. The first-order chi connectivity index (χ1) is 12.4. The molecule has 0 aliphatic rings. The van der Waals surface area contributed by atoms with E-state index in [-0.39, 0.29) is 16.4 Å². The van der Waals surface area contributed by atoms with E-state index in [1.807, 2.05) is 6.07 Å². The molecule has 0 spiro atoms. The Morgan fingerprint density at radius 3 is 2.65 bits per heavy atom. The van der Waals surface area contributed by atoms with E-state index in [1.165, 1.54) is 18.2 Å². The second-order valence-corrected chi connectivity index (χ2v) is 6.32. The molecule has 26 heavy (non-hydrogen) atoms. The monoisotopic (exact) mass is 373 g/mol. The molecule has 0 aliphatic carbocycles. The molecule has 0 aliphatic heterocycles. The van der Waals surface area contributed by atoms with Gasteiger partial charge in [-0.2, -0.15) is 0 Å². The highest BCUT2D eigenvalue weighted by molar-refractivity contribution is 7.80. The summed E-state index contributed by atoms with van der Waals surface area (Å²) in [6, 6.07) is 12.8. The van der Waals surface area contributed by atoms with Crippen LogP contribution in [-0.4, -0.2) is 22.5 Å². The van der Waals surface area contributed by atoms with Gasteiger partial charge >= 0.3 is 0 Å². The maximum Gasteiger partial charge on any atom is 0.282 e. The molecule has 8 heteroatoms. The van der Waals surface area contributed by atoms with Gasteiger partial charge in [-0.1, -0.05) is 32.0 Å². The normalized spacial score (nSPS) is 10.3. The van der Waals surface area contributed by atoms with Gasteiger partial charge in [-0.3, -0.25) is 20.2 Å². The van der Waals surface area contributed by atoms with Crippen LogP contribution in [0.15, 0.2) is 48.5 Å². The maximum absolute atomic E-state index is 12.2. The van der Waals surface area contributed by atoms with Crippen molar-refractivity contribution in [2.45, 2.75) is 13.8 Å². The number of para-hydroxylation sites is 1. The Morgan fingerprint density at radius 2 is 1.96 bits per heavy atom. The van der Waals surface area contributed by atoms with Gasteiger partial charge in [0.05, 0.1) is 11.5 Å². The van der Waals surface area contributed by atoms with E-state index in [2.05, 4.69) is 24.5 Å². The fourth-order valence-electron chi connectivity index (χ4n) is 2.08. The molecule has 0 heterocycles. The van der Waals surface area contributed by atoms with Gasteiger partial charge in [0.15, 0.2) is 5.11 Å². The Kier molecular flexibility index (Phi) is 6.62. The first-order valence-electron chi connectivity index (χ1n) is 7.95. The number of nitrogens with zero attached hydrogens (tertiary/aromatic N) is 1. The molecule has 0 bridgehead atoms. The van der Waals surface area contributed by atoms with E-state index in [0.717, 1.165) is 0 Å². The van der Waals surface area contributed by atoms with Gasteiger partial charge in [0.1, 0.15) is 11.3 Å².